The number of allylic oxidation sites excluding steroid dienone is 1. The molecule has 0 radical (unpaired) electrons. The topological polar surface area (TPSA) is 130 Å². The van der Waals surface area contributed by atoms with E-state index in [1.165, 1.54) is 24.2 Å². The fourth-order valence-electron chi connectivity index (χ4n) is 4.83. The zero-order valence-corrected chi connectivity index (χ0v) is 22.7. The minimum Gasteiger partial charge on any atom is -0.393 e. The van der Waals surface area contributed by atoms with Crippen LogP contribution < -0.4 is 5.32 Å². The van der Waals surface area contributed by atoms with Gasteiger partial charge in [-0.2, -0.15) is 17.6 Å². The number of imidazole rings is 1. The van der Waals surface area contributed by atoms with Gasteiger partial charge in [-0.25, -0.2) is 4.98 Å². The molecule has 12 heteroatoms. The van der Waals surface area contributed by atoms with Gasteiger partial charge in [-0.05, 0) is 34.9 Å². The van der Waals surface area contributed by atoms with Crippen molar-refractivity contribution in [1.82, 2.24) is 33.8 Å². The van der Waals surface area contributed by atoms with Crippen LogP contribution in [0, 0.1) is 5.41 Å². The number of pyridine rings is 2. The Morgan fingerprint density at radius 2 is 1.82 bits per heavy atom. The van der Waals surface area contributed by atoms with Crippen LogP contribution in [0.3, 0.4) is 0 Å². The summed E-state index contributed by atoms with van der Waals surface area (Å²) in [6, 6.07) is 13.7. The number of hydrogen-bond acceptors (Lipinski definition) is 9. The van der Waals surface area contributed by atoms with Gasteiger partial charge in [0.05, 0.1) is 25.6 Å². The molecule has 0 saturated carbocycles. The number of rotatable bonds is 8. The summed E-state index contributed by atoms with van der Waals surface area (Å²) in [6.07, 6.45) is 8.94. The lowest BCUT2D eigenvalue weighted by Gasteiger charge is -2.26. The summed E-state index contributed by atoms with van der Waals surface area (Å²) in [4.78, 5) is 11.1. The average Bonchev–Trinajstić information content (AvgIpc) is 3.61. The fraction of sp³-hybridized carbons (Fsp3) is 0.214. The zero-order chi connectivity index (χ0) is 27.7. The molecule has 5 heterocycles. The van der Waals surface area contributed by atoms with E-state index in [1.807, 2.05) is 6.07 Å². The van der Waals surface area contributed by atoms with E-state index in [0.717, 1.165) is 48.1 Å². The Labute approximate surface area is 231 Å². The highest BCUT2D eigenvalue weighted by molar-refractivity contribution is 7.90. The second-order valence-corrected chi connectivity index (χ2v) is 11.2. The molecule has 0 spiro atoms. The first-order valence-electron chi connectivity index (χ1n) is 12.8. The molecular formula is C28H28N8O3S. The van der Waals surface area contributed by atoms with Crippen molar-refractivity contribution in [2.45, 2.75) is 11.6 Å². The molecule has 0 unspecified atom stereocenters. The van der Waals surface area contributed by atoms with Crippen molar-refractivity contribution < 1.29 is 13.2 Å². The normalized spacial score (nSPS) is 15.1. The van der Waals surface area contributed by atoms with Crippen LogP contribution in [-0.2, 0) is 21.3 Å². The number of benzene rings is 1. The first-order valence-corrected chi connectivity index (χ1v) is 14.3. The summed E-state index contributed by atoms with van der Waals surface area (Å²) in [6.45, 7) is 4.25. The van der Waals surface area contributed by atoms with Crippen molar-refractivity contribution in [2.75, 3.05) is 33.4 Å². The number of hydrogen-bond donors (Lipinski definition) is 2. The van der Waals surface area contributed by atoms with E-state index >= 15 is 0 Å². The summed E-state index contributed by atoms with van der Waals surface area (Å²) < 4.78 is 35.7. The molecule has 40 heavy (non-hydrogen) atoms. The third-order valence-electron chi connectivity index (χ3n) is 6.94. The fourth-order valence-corrected chi connectivity index (χ4v) is 6.16. The molecule has 0 amide bonds. The van der Waals surface area contributed by atoms with E-state index in [0.29, 0.717) is 27.8 Å². The van der Waals surface area contributed by atoms with Crippen LogP contribution in [0.15, 0.2) is 78.5 Å². The van der Waals surface area contributed by atoms with Gasteiger partial charge in [0.15, 0.2) is 5.03 Å². The van der Waals surface area contributed by atoms with Crippen molar-refractivity contribution in [3.63, 3.8) is 0 Å². The van der Waals surface area contributed by atoms with E-state index in [1.54, 1.807) is 42.2 Å². The van der Waals surface area contributed by atoms with Gasteiger partial charge < -0.3 is 15.5 Å². The van der Waals surface area contributed by atoms with Crippen LogP contribution in [0.25, 0.3) is 33.4 Å². The van der Waals surface area contributed by atoms with Crippen LogP contribution in [0.1, 0.15) is 11.1 Å². The highest BCUT2D eigenvalue weighted by Crippen LogP contribution is 2.26. The Morgan fingerprint density at radius 3 is 2.58 bits per heavy atom. The highest BCUT2D eigenvalue weighted by Gasteiger charge is 2.25. The molecule has 204 valence electrons. The quantitative estimate of drug-likeness (QED) is 0.279. The van der Waals surface area contributed by atoms with E-state index in [2.05, 4.69) is 49.5 Å². The Kier molecular flexibility index (Phi) is 6.88. The van der Waals surface area contributed by atoms with Crippen LogP contribution in [0.5, 0.6) is 0 Å². The first-order chi connectivity index (χ1) is 19.5. The van der Waals surface area contributed by atoms with Crippen molar-refractivity contribution in [2.24, 2.45) is 0 Å². The molecule has 1 fully saturated rings. The average molecular weight is 557 g/mol. The maximum Gasteiger partial charge on any atom is 0.301 e. The van der Waals surface area contributed by atoms with E-state index in [4.69, 9.17) is 10.1 Å². The Bertz CT molecular complexity index is 1830. The summed E-state index contributed by atoms with van der Waals surface area (Å²) in [7, 11) is -2.41. The smallest absolute Gasteiger partial charge is 0.301 e. The zero-order valence-electron chi connectivity index (χ0n) is 21.9. The highest BCUT2D eigenvalue weighted by atomic mass is 32.2. The minimum absolute atomic E-state index is 0.0123. The standard InChI is InChI=1S/C28H28N8O3S/c1-30-14-24(13-29)23-12-26-25(31-15-23)16-33-36(26)40(37,38)28-17-32-27-7-6-22(19-35(27)28)21-4-2-20(3-5-21)18-34-8-10-39-11-9-34/h2-7,12-17,19,29-30H,8-11,18H2,1H3/b24-14+,29-13?. The number of fused-ring (bicyclic) bond motifs is 2. The number of nitrogens with one attached hydrogen (secondary N) is 2. The van der Waals surface area contributed by atoms with Crippen molar-refractivity contribution >= 4 is 38.5 Å². The largest absolute Gasteiger partial charge is 0.393 e. The van der Waals surface area contributed by atoms with Crippen molar-refractivity contribution in [3.8, 4) is 11.1 Å². The summed E-state index contributed by atoms with van der Waals surface area (Å²) in [5, 5.41) is 14.7. The molecule has 11 nitrogen and oxygen atoms in total. The Hall–Kier alpha value is -4.39. The van der Waals surface area contributed by atoms with Gasteiger partial charge in [0.1, 0.15) is 16.7 Å². The van der Waals surface area contributed by atoms with Crippen LogP contribution >= 0.6 is 0 Å². The molecule has 0 aliphatic carbocycles. The molecule has 6 rings (SSSR count). The lowest BCUT2D eigenvalue weighted by atomic mass is 10.1. The molecular weight excluding hydrogens is 528 g/mol. The summed E-state index contributed by atoms with van der Waals surface area (Å²) in [5.74, 6) is 0. The van der Waals surface area contributed by atoms with Gasteiger partial charge in [-0.1, -0.05) is 24.3 Å². The lowest BCUT2D eigenvalue weighted by molar-refractivity contribution is 0.0342. The molecule has 1 aliphatic rings. The predicted molar refractivity (Wildman–Crippen MR) is 153 cm³/mol. The number of morpholine rings is 1. The SMILES string of the molecule is CN/C=C(\C=N)c1cnc2cnn(S(=O)(=O)c3cnc4ccc(-c5ccc(CN6CCOCC6)cc5)cn34)c2c1. The van der Waals surface area contributed by atoms with E-state index in [-0.39, 0.29) is 5.03 Å². The molecule has 1 aromatic carbocycles. The minimum atomic E-state index is -4.13. The maximum absolute atomic E-state index is 13.9. The van der Waals surface area contributed by atoms with Crippen LogP contribution in [-0.4, -0.2) is 76.4 Å². The number of nitrogens with zero attached hydrogens (tertiary/aromatic N) is 6. The van der Waals surface area contributed by atoms with Crippen LogP contribution in [0.4, 0.5) is 0 Å². The van der Waals surface area contributed by atoms with Gasteiger partial charge in [0.25, 0.3) is 0 Å². The molecule has 1 saturated heterocycles. The van der Waals surface area contributed by atoms with Crippen LogP contribution in [0.2, 0.25) is 0 Å². The first kappa shape index (κ1) is 25.9. The van der Waals surface area contributed by atoms with Gasteiger partial charge in [-0.3, -0.25) is 14.3 Å². The number of ether oxygens (including phenoxy) is 1. The van der Waals surface area contributed by atoms with E-state index in [9.17, 15) is 8.42 Å². The summed E-state index contributed by atoms with van der Waals surface area (Å²) >= 11 is 0. The third-order valence-corrected chi connectivity index (χ3v) is 8.51. The molecule has 2 N–H and O–H groups in total. The molecule has 5 aromatic rings. The van der Waals surface area contributed by atoms with Crippen molar-refractivity contribution in [1.29, 1.82) is 5.41 Å². The lowest BCUT2D eigenvalue weighted by Crippen LogP contribution is -2.35. The third kappa shape index (κ3) is 4.76. The van der Waals surface area contributed by atoms with Gasteiger partial charge in [0, 0.05) is 62.6 Å². The van der Waals surface area contributed by atoms with Gasteiger partial charge in [0.2, 0.25) is 0 Å². The molecule has 0 atom stereocenters. The van der Waals surface area contributed by atoms with Gasteiger partial charge >= 0.3 is 10.0 Å². The van der Waals surface area contributed by atoms with Crippen molar-refractivity contribution in [3.05, 3.63) is 84.6 Å². The Morgan fingerprint density at radius 1 is 1.05 bits per heavy atom. The molecule has 4 aromatic heterocycles. The second kappa shape index (κ2) is 10.6. The van der Waals surface area contributed by atoms with E-state index < -0.39 is 10.0 Å². The van der Waals surface area contributed by atoms with Gasteiger partial charge in [-0.15, -0.1) is 0 Å². The molecule has 0 bridgehead atoms. The monoisotopic (exact) mass is 556 g/mol. The number of aromatic nitrogens is 5. The molecule has 1 aliphatic heterocycles. The Balaban J connectivity index is 1.35. The predicted octanol–water partition coefficient (Wildman–Crippen LogP) is 3.03. The summed E-state index contributed by atoms with van der Waals surface area (Å²) in [5.41, 5.74) is 5.43. The second-order valence-electron chi connectivity index (χ2n) is 9.48. The maximum atomic E-state index is 13.9.